The molecule has 1 atom stereocenters. The van der Waals surface area contributed by atoms with E-state index in [2.05, 4.69) is 10.6 Å². The van der Waals surface area contributed by atoms with Crippen molar-refractivity contribution in [2.75, 3.05) is 10.6 Å². The molecule has 0 spiro atoms. The standard InChI is InChI=1S/C28H24N2O5/c1-18-14-15-19(2)23(17-18)30-27(32)25(20-9-4-3-5-10-20)35-28(33)21-11-6-7-12-22(21)29-26(31)24-13-8-16-34-24/h3-17,25H,1-2H3,(H,29,31)(H,30,32). The zero-order valence-electron chi connectivity index (χ0n) is 19.3. The van der Waals surface area contributed by atoms with Crippen LogP contribution in [-0.4, -0.2) is 17.8 Å². The van der Waals surface area contributed by atoms with Crippen LogP contribution in [0.25, 0.3) is 0 Å². The molecule has 1 aromatic heterocycles. The summed E-state index contributed by atoms with van der Waals surface area (Å²) in [5.41, 5.74) is 3.36. The van der Waals surface area contributed by atoms with Gasteiger partial charge in [-0.25, -0.2) is 4.79 Å². The van der Waals surface area contributed by atoms with Crippen LogP contribution in [0.3, 0.4) is 0 Å². The summed E-state index contributed by atoms with van der Waals surface area (Å²) in [7, 11) is 0. The average Bonchev–Trinajstić information content (AvgIpc) is 3.41. The SMILES string of the molecule is Cc1ccc(C)c(NC(=O)C(OC(=O)c2ccccc2NC(=O)c2ccco2)c2ccccc2)c1. The molecule has 4 aromatic rings. The third-order valence-electron chi connectivity index (χ3n) is 5.36. The monoisotopic (exact) mass is 468 g/mol. The summed E-state index contributed by atoms with van der Waals surface area (Å²) in [5.74, 6) is -1.66. The quantitative estimate of drug-likeness (QED) is 0.340. The molecule has 1 unspecified atom stereocenters. The van der Waals surface area contributed by atoms with Gasteiger partial charge in [-0.1, -0.05) is 54.6 Å². The van der Waals surface area contributed by atoms with Crippen molar-refractivity contribution < 1.29 is 23.5 Å². The molecule has 0 aliphatic heterocycles. The van der Waals surface area contributed by atoms with Gasteiger partial charge in [0, 0.05) is 11.3 Å². The van der Waals surface area contributed by atoms with Crippen molar-refractivity contribution in [3.8, 4) is 0 Å². The number of carbonyl (C=O) groups is 3. The van der Waals surface area contributed by atoms with Crippen LogP contribution in [0, 0.1) is 13.8 Å². The van der Waals surface area contributed by atoms with Gasteiger partial charge in [0.25, 0.3) is 11.8 Å². The molecule has 7 heteroatoms. The molecule has 2 amide bonds. The number of nitrogens with one attached hydrogen (secondary N) is 2. The van der Waals surface area contributed by atoms with Gasteiger partial charge in [0.05, 0.1) is 17.5 Å². The van der Waals surface area contributed by atoms with E-state index in [9.17, 15) is 14.4 Å². The molecule has 0 saturated heterocycles. The van der Waals surface area contributed by atoms with Gasteiger partial charge in [-0.05, 0) is 55.3 Å². The number of anilines is 2. The molecule has 4 rings (SSSR count). The number of furan rings is 1. The van der Waals surface area contributed by atoms with Crippen LogP contribution >= 0.6 is 0 Å². The zero-order valence-corrected chi connectivity index (χ0v) is 19.3. The lowest BCUT2D eigenvalue weighted by molar-refractivity contribution is -0.125. The predicted octanol–water partition coefficient (Wildman–Crippen LogP) is 5.69. The smallest absolute Gasteiger partial charge is 0.341 e. The Morgan fingerprint density at radius 1 is 0.800 bits per heavy atom. The molecule has 0 aliphatic rings. The Morgan fingerprint density at radius 3 is 2.29 bits per heavy atom. The first-order valence-corrected chi connectivity index (χ1v) is 11.0. The molecular weight excluding hydrogens is 444 g/mol. The minimum absolute atomic E-state index is 0.100. The highest BCUT2D eigenvalue weighted by atomic mass is 16.5. The summed E-state index contributed by atoms with van der Waals surface area (Å²) in [5, 5.41) is 5.53. The van der Waals surface area contributed by atoms with Crippen LogP contribution < -0.4 is 10.6 Å². The van der Waals surface area contributed by atoms with Crippen LogP contribution in [-0.2, 0) is 9.53 Å². The van der Waals surface area contributed by atoms with Gasteiger partial charge < -0.3 is 19.8 Å². The Hall–Kier alpha value is -4.65. The number of rotatable bonds is 7. The first-order valence-electron chi connectivity index (χ1n) is 11.0. The van der Waals surface area contributed by atoms with Crippen molar-refractivity contribution >= 4 is 29.2 Å². The first kappa shape index (κ1) is 23.5. The zero-order chi connectivity index (χ0) is 24.8. The Bertz CT molecular complexity index is 1350. The number of para-hydroxylation sites is 1. The van der Waals surface area contributed by atoms with Crippen LogP contribution in [0.5, 0.6) is 0 Å². The second kappa shape index (κ2) is 10.5. The average molecular weight is 469 g/mol. The Kier molecular flexibility index (Phi) is 7.07. The molecule has 1 heterocycles. The number of aryl methyl sites for hydroxylation is 2. The number of hydrogen-bond acceptors (Lipinski definition) is 5. The topological polar surface area (TPSA) is 97.6 Å². The summed E-state index contributed by atoms with van der Waals surface area (Å²) in [6.45, 7) is 3.81. The van der Waals surface area contributed by atoms with Crippen LogP contribution in [0.2, 0.25) is 0 Å². The summed E-state index contributed by atoms with van der Waals surface area (Å²) >= 11 is 0. The van der Waals surface area contributed by atoms with Crippen LogP contribution in [0.15, 0.2) is 95.6 Å². The van der Waals surface area contributed by atoms with Gasteiger partial charge in [0.2, 0.25) is 6.10 Å². The van der Waals surface area contributed by atoms with E-state index in [-0.39, 0.29) is 17.0 Å². The third-order valence-corrected chi connectivity index (χ3v) is 5.36. The van der Waals surface area contributed by atoms with E-state index in [0.29, 0.717) is 11.3 Å². The maximum absolute atomic E-state index is 13.3. The van der Waals surface area contributed by atoms with Crippen molar-refractivity contribution in [1.82, 2.24) is 0 Å². The van der Waals surface area contributed by atoms with Gasteiger partial charge >= 0.3 is 5.97 Å². The number of amides is 2. The van der Waals surface area contributed by atoms with Crippen molar-refractivity contribution in [2.45, 2.75) is 20.0 Å². The van der Waals surface area contributed by atoms with Gasteiger partial charge in [0.15, 0.2) is 5.76 Å². The van der Waals surface area contributed by atoms with Gasteiger partial charge in [-0.15, -0.1) is 0 Å². The summed E-state index contributed by atoms with van der Waals surface area (Å²) in [6.07, 6.45) is 0.172. The molecule has 0 saturated carbocycles. The molecule has 0 fully saturated rings. The highest BCUT2D eigenvalue weighted by Crippen LogP contribution is 2.26. The van der Waals surface area contributed by atoms with E-state index in [0.717, 1.165) is 11.1 Å². The highest BCUT2D eigenvalue weighted by molar-refractivity contribution is 6.07. The lowest BCUT2D eigenvalue weighted by atomic mass is 10.1. The number of hydrogen-bond donors (Lipinski definition) is 2. The number of benzene rings is 3. The van der Waals surface area contributed by atoms with E-state index < -0.39 is 23.9 Å². The van der Waals surface area contributed by atoms with E-state index in [1.54, 1.807) is 48.5 Å². The molecular formula is C28H24N2O5. The summed E-state index contributed by atoms with van der Waals surface area (Å²) in [4.78, 5) is 39.0. The first-order chi connectivity index (χ1) is 16.9. The van der Waals surface area contributed by atoms with Crippen LogP contribution in [0.4, 0.5) is 11.4 Å². The van der Waals surface area contributed by atoms with Crippen molar-refractivity contribution in [3.05, 3.63) is 119 Å². The second-order valence-corrected chi connectivity index (χ2v) is 7.98. The minimum atomic E-state index is -1.21. The molecule has 176 valence electrons. The number of ether oxygens (including phenoxy) is 1. The molecule has 0 radical (unpaired) electrons. The second-order valence-electron chi connectivity index (χ2n) is 7.98. The Balaban J connectivity index is 1.59. The van der Waals surface area contributed by atoms with E-state index in [4.69, 9.17) is 9.15 Å². The predicted molar refractivity (Wildman–Crippen MR) is 132 cm³/mol. The fraction of sp³-hybridized carbons (Fsp3) is 0.107. The maximum atomic E-state index is 13.3. The molecule has 3 aromatic carbocycles. The van der Waals surface area contributed by atoms with E-state index in [1.165, 1.54) is 18.4 Å². The Labute approximate surface area is 202 Å². The fourth-order valence-electron chi connectivity index (χ4n) is 3.50. The number of esters is 1. The van der Waals surface area contributed by atoms with Crippen molar-refractivity contribution in [1.29, 1.82) is 0 Å². The normalized spacial score (nSPS) is 11.4. The minimum Gasteiger partial charge on any atom is -0.459 e. The molecule has 2 N–H and O–H groups in total. The van der Waals surface area contributed by atoms with Crippen molar-refractivity contribution in [3.63, 3.8) is 0 Å². The molecule has 7 nitrogen and oxygen atoms in total. The lowest BCUT2D eigenvalue weighted by Crippen LogP contribution is -2.26. The molecule has 35 heavy (non-hydrogen) atoms. The maximum Gasteiger partial charge on any atom is 0.341 e. The molecule has 0 bridgehead atoms. The summed E-state index contributed by atoms with van der Waals surface area (Å²) in [6, 6.07) is 24.0. The third kappa shape index (κ3) is 5.65. The molecule has 0 aliphatic carbocycles. The van der Waals surface area contributed by atoms with Gasteiger partial charge in [-0.2, -0.15) is 0 Å². The number of carbonyl (C=O) groups excluding carboxylic acids is 3. The van der Waals surface area contributed by atoms with E-state index >= 15 is 0 Å². The Morgan fingerprint density at radius 2 is 1.54 bits per heavy atom. The highest BCUT2D eigenvalue weighted by Gasteiger charge is 2.27. The largest absolute Gasteiger partial charge is 0.459 e. The van der Waals surface area contributed by atoms with Gasteiger partial charge in [-0.3, -0.25) is 9.59 Å². The van der Waals surface area contributed by atoms with Crippen LogP contribution in [0.1, 0.15) is 43.7 Å². The lowest BCUT2D eigenvalue weighted by Gasteiger charge is -2.20. The summed E-state index contributed by atoms with van der Waals surface area (Å²) < 4.78 is 10.8. The van der Waals surface area contributed by atoms with E-state index in [1.807, 2.05) is 38.1 Å². The van der Waals surface area contributed by atoms with Crippen molar-refractivity contribution in [2.24, 2.45) is 0 Å². The fourth-order valence-corrected chi connectivity index (χ4v) is 3.50. The van der Waals surface area contributed by atoms with Gasteiger partial charge in [0.1, 0.15) is 0 Å².